The fourth-order valence-electron chi connectivity index (χ4n) is 6.97. The van der Waals surface area contributed by atoms with Gasteiger partial charge in [0, 0.05) is 23.9 Å². The minimum Gasteiger partial charge on any atom is -0.465 e. The molecular weight excluding hydrogens is 638 g/mol. The molecule has 0 amide bonds. The Labute approximate surface area is 316 Å². The van der Waals surface area contributed by atoms with E-state index in [0.29, 0.717) is 32.5 Å². The molecule has 0 aromatic rings. The summed E-state index contributed by atoms with van der Waals surface area (Å²) in [5, 5.41) is 11.8. The fourth-order valence-corrected chi connectivity index (χ4v) is 6.97. The molecule has 1 N–H and O–H groups in total. The molecular formula is C44H85NO6. The highest BCUT2D eigenvalue weighted by atomic mass is 16.5. The summed E-state index contributed by atoms with van der Waals surface area (Å²) in [4.78, 5) is 36.0. The number of carbonyl (C=O) groups is 3. The van der Waals surface area contributed by atoms with Gasteiger partial charge < -0.3 is 14.7 Å². The van der Waals surface area contributed by atoms with Crippen LogP contribution in [-0.4, -0.2) is 52.3 Å². The third-order valence-corrected chi connectivity index (χ3v) is 11.2. The van der Waals surface area contributed by atoms with Crippen LogP contribution in [0.3, 0.4) is 0 Å². The van der Waals surface area contributed by atoms with E-state index >= 15 is 0 Å². The van der Waals surface area contributed by atoms with Crippen LogP contribution in [-0.2, 0) is 23.9 Å². The SMILES string of the molecule is CCC(C)(C)C(=O)OCCCC(=O)CC1CC(C)(C)N(O)C(C)(C)C1.CCCCCCCCCCCCCCCCCCOC(=O)C(C)(C)CC. The van der Waals surface area contributed by atoms with Gasteiger partial charge in [-0.15, -0.1) is 0 Å². The number of nitrogens with zero attached hydrogens (tertiary/aromatic N) is 1. The van der Waals surface area contributed by atoms with E-state index in [0.717, 1.165) is 32.1 Å². The number of piperidine rings is 1. The summed E-state index contributed by atoms with van der Waals surface area (Å²) in [6.45, 7) is 22.9. The monoisotopic (exact) mass is 724 g/mol. The molecule has 1 saturated heterocycles. The zero-order chi connectivity index (χ0) is 39.0. The van der Waals surface area contributed by atoms with Crippen LogP contribution in [0.25, 0.3) is 0 Å². The number of esters is 2. The fraction of sp³-hybridized carbons (Fsp3) is 0.932. The van der Waals surface area contributed by atoms with Crippen LogP contribution >= 0.6 is 0 Å². The molecule has 0 atom stereocenters. The number of hydrogen-bond donors (Lipinski definition) is 1. The van der Waals surface area contributed by atoms with Crippen LogP contribution in [0, 0.1) is 16.7 Å². The summed E-state index contributed by atoms with van der Waals surface area (Å²) in [5.41, 5.74) is -1.43. The van der Waals surface area contributed by atoms with E-state index in [2.05, 4.69) is 6.92 Å². The summed E-state index contributed by atoms with van der Waals surface area (Å²) in [5.74, 6) is 0.262. The predicted molar refractivity (Wildman–Crippen MR) is 213 cm³/mol. The van der Waals surface area contributed by atoms with Crippen LogP contribution < -0.4 is 0 Å². The number of ether oxygens (including phenoxy) is 2. The van der Waals surface area contributed by atoms with Crippen molar-refractivity contribution in [1.82, 2.24) is 5.06 Å². The highest BCUT2D eigenvalue weighted by Gasteiger charge is 2.45. The number of carbonyl (C=O) groups excluding carboxylic acids is 3. The molecule has 302 valence electrons. The minimum atomic E-state index is -0.459. The molecule has 0 bridgehead atoms. The number of hydroxylamine groups is 2. The Hall–Kier alpha value is -1.47. The number of unbranched alkanes of at least 4 members (excludes halogenated alkanes) is 15. The number of Topliss-reactive ketones (excluding diaryl/α,β-unsaturated/α-hetero) is 1. The first-order valence-corrected chi connectivity index (χ1v) is 21.2. The summed E-state index contributed by atoms with van der Waals surface area (Å²) in [6.07, 6.45) is 26.6. The molecule has 0 aromatic carbocycles. The Balaban J connectivity index is 0.000000981. The molecule has 7 heteroatoms. The van der Waals surface area contributed by atoms with Crippen molar-refractivity contribution in [3.8, 4) is 0 Å². The van der Waals surface area contributed by atoms with Crippen LogP contribution in [0.5, 0.6) is 0 Å². The van der Waals surface area contributed by atoms with Crippen LogP contribution in [0.15, 0.2) is 0 Å². The molecule has 1 aliphatic rings. The zero-order valence-corrected chi connectivity index (χ0v) is 35.7. The van der Waals surface area contributed by atoms with Gasteiger partial charge in [0.05, 0.1) is 24.0 Å². The molecule has 1 heterocycles. The maximum absolute atomic E-state index is 12.3. The largest absolute Gasteiger partial charge is 0.465 e. The second-order valence-electron chi connectivity index (χ2n) is 18.1. The van der Waals surface area contributed by atoms with Crippen LogP contribution in [0.4, 0.5) is 0 Å². The third kappa shape index (κ3) is 22.4. The van der Waals surface area contributed by atoms with Crippen molar-refractivity contribution in [2.45, 2.75) is 235 Å². The molecule has 0 spiro atoms. The third-order valence-electron chi connectivity index (χ3n) is 11.2. The quantitative estimate of drug-likeness (QED) is 0.0666. The van der Waals surface area contributed by atoms with Crippen molar-refractivity contribution < 1.29 is 29.1 Å². The molecule has 0 saturated carbocycles. The van der Waals surface area contributed by atoms with Gasteiger partial charge in [-0.25, -0.2) is 0 Å². The van der Waals surface area contributed by atoms with E-state index in [1.807, 2.05) is 69.2 Å². The van der Waals surface area contributed by atoms with Crippen molar-refractivity contribution in [3.05, 3.63) is 0 Å². The van der Waals surface area contributed by atoms with Gasteiger partial charge in [-0.2, -0.15) is 5.06 Å². The first kappa shape index (κ1) is 49.5. The molecule has 0 aliphatic carbocycles. The average Bonchev–Trinajstić information content (AvgIpc) is 3.06. The summed E-state index contributed by atoms with van der Waals surface area (Å²) < 4.78 is 10.7. The van der Waals surface area contributed by atoms with E-state index in [-0.39, 0.29) is 40.1 Å². The second-order valence-corrected chi connectivity index (χ2v) is 18.1. The molecule has 51 heavy (non-hydrogen) atoms. The number of hydrogen-bond acceptors (Lipinski definition) is 7. The lowest BCUT2D eigenvalue weighted by atomic mass is 9.73. The molecule has 1 rings (SSSR count). The highest BCUT2D eigenvalue weighted by Crippen LogP contribution is 2.41. The molecule has 1 aliphatic heterocycles. The average molecular weight is 724 g/mol. The Morgan fingerprint density at radius 2 is 0.922 bits per heavy atom. The van der Waals surface area contributed by atoms with Gasteiger partial charge in [0.2, 0.25) is 0 Å². The van der Waals surface area contributed by atoms with Crippen molar-refractivity contribution in [3.63, 3.8) is 0 Å². The summed E-state index contributed by atoms with van der Waals surface area (Å²) >= 11 is 0. The summed E-state index contributed by atoms with van der Waals surface area (Å²) in [6, 6.07) is 0. The van der Waals surface area contributed by atoms with E-state index in [9.17, 15) is 19.6 Å². The van der Waals surface area contributed by atoms with Gasteiger partial charge in [0.25, 0.3) is 0 Å². The predicted octanol–water partition coefficient (Wildman–Crippen LogP) is 12.6. The number of ketones is 1. The number of rotatable bonds is 27. The Bertz CT molecular complexity index is 922. The van der Waals surface area contributed by atoms with Crippen molar-refractivity contribution in [1.29, 1.82) is 0 Å². The van der Waals surface area contributed by atoms with Crippen molar-refractivity contribution in [2.24, 2.45) is 16.7 Å². The molecule has 1 fully saturated rings. The first-order chi connectivity index (χ1) is 23.9. The Kier molecular flexibility index (Phi) is 25.6. The molecule has 0 unspecified atom stereocenters. The zero-order valence-electron chi connectivity index (χ0n) is 35.7. The lowest BCUT2D eigenvalue weighted by molar-refractivity contribution is -0.251. The second kappa shape index (κ2) is 26.3. The maximum Gasteiger partial charge on any atom is 0.311 e. The smallest absolute Gasteiger partial charge is 0.311 e. The van der Waals surface area contributed by atoms with E-state index in [1.165, 1.54) is 101 Å². The Morgan fingerprint density at radius 3 is 1.27 bits per heavy atom. The van der Waals surface area contributed by atoms with Crippen molar-refractivity contribution >= 4 is 17.7 Å². The van der Waals surface area contributed by atoms with Gasteiger partial charge in [0.15, 0.2) is 0 Å². The van der Waals surface area contributed by atoms with Gasteiger partial charge in [0.1, 0.15) is 5.78 Å². The van der Waals surface area contributed by atoms with Gasteiger partial charge >= 0.3 is 11.9 Å². The van der Waals surface area contributed by atoms with Gasteiger partial charge in [-0.3, -0.25) is 14.4 Å². The van der Waals surface area contributed by atoms with Crippen LogP contribution in [0.1, 0.15) is 224 Å². The van der Waals surface area contributed by atoms with E-state index in [4.69, 9.17) is 9.47 Å². The molecule has 7 nitrogen and oxygen atoms in total. The normalized spacial score (nSPS) is 16.3. The molecule has 0 radical (unpaired) electrons. The van der Waals surface area contributed by atoms with Crippen molar-refractivity contribution in [2.75, 3.05) is 13.2 Å². The maximum atomic E-state index is 12.3. The molecule has 0 aromatic heterocycles. The van der Waals surface area contributed by atoms with E-state index in [1.54, 1.807) is 0 Å². The van der Waals surface area contributed by atoms with Crippen LogP contribution in [0.2, 0.25) is 0 Å². The minimum absolute atomic E-state index is 0.0408. The highest BCUT2D eigenvalue weighted by molar-refractivity contribution is 5.79. The van der Waals surface area contributed by atoms with E-state index < -0.39 is 5.41 Å². The van der Waals surface area contributed by atoms with Gasteiger partial charge in [-0.1, -0.05) is 117 Å². The van der Waals surface area contributed by atoms with Gasteiger partial charge in [-0.05, 0) is 99.8 Å². The lowest BCUT2D eigenvalue weighted by Crippen LogP contribution is -2.59. The topological polar surface area (TPSA) is 93.1 Å². The standard InChI is InChI=1S/C24H48O2.C20H37NO4/c1-5-7-8-9-10-11-12-13-14-15-16-17-18-19-20-21-22-26-23(25)24(3,4)6-2;1-8-18(2,3)17(23)25-11-9-10-16(22)12-15-13-19(4,5)21(24)20(6,7)14-15/h5-22H2,1-4H3;15,24H,8-14H2,1-7H3. The first-order valence-electron chi connectivity index (χ1n) is 21.2. The summed E-state index contributed by atoms with van der Waals surface area (Å²) in [7, 11) is 0. The Morgan fingerprint density at radius 1 is 0.588 bits per heavy atom. The lowest BCUT2D eigenvalue weighted by Gasteiger charge is -2.51.